The zero-order valence-corrected chi connectivity index (χ0v) is 13.4. The summed E-state index contributed by atoms with van der Waals surface area (Å²) in [5.41, 5.74) is 3.25. The maximum atomic E-state index is 11.9. The number of ether oxygens (including phenoxy) is 1. The summed E-state index contributed by atoms with van der Waals surface area (Å²) in [5.74, 6) is 0.308. The van der Waals surface area contributed by atoms with Gasteiger partial charge in [0.25, 0.3) is 0 Å². The van der Waals surface area contributed by atoms with Crippen LogP contribution in [0.15, 0.2) is 5.38 Å². The van der Waals surface area contributed by atoms with Gasteiger partial charge in [0.05, 0.1) is 12.8 Å². The van der Waals surface area contributed by atoms with Crippen LogP contribution >= 0.6 is 22.9 Å². The SMILES string of the molecule is CCc1nc(Cl)c(C)c(-c2c(C)csc2C(=O)OC)n1. The zero-order chi connectivity index (χ0) is 14.9. The van der Waals surface area contributed by atoms with Crippen molar-refractivity contribution in [2.24, 2.45) is 0 Å². The minimum absolute atomic E-state index is 0.356. The van der Waals surface area contributed by atoms with Crippen LogP contribution < -0.4 is 0 Å². The summed E-state index contributed by atoms with van der Waals surface area (Å²) < 4.78 is 4.83. The normalized spacial score (nSPS) is 10.7. The quantitative estimate of drug-likeness (QED) is 0.638. The number of hydrogen-bond donors (Lipinski definition) is 0. The summed E-state index contributed by atoms with van der Waals surface area (Å²) in [6, 6.07) is 0. The fraction of sp³-hybridized carbons (Fsp3) is 0.357. The first-order valence-corrected chi connectivity index (χ1v) is 7.45. The third-order valence-corrected chi connectivity index (χ3v) is 4.48. The van der Waals surface area contributed by atoms with E-state index < -0.39 is 0 Å². The molecule has 4 nitrogen and oxygen atoms in total. The van der Waals surface area contributed by atoms with Crippen LogP contribution in [0.25, 0.3) is 11.3 Å². The molecule has 0 unspecified atom stereocenters. The van der Waals surface area contributed by atoms with Gasteiger partial charge in [0.2, 0.25) is 0 Å². The van der Waals surface area contributed by atoms with Gasteiger partial charge in [-0.15, -0.1) is 11.3 Å². The Morgan fingerprint density at radius 2 is 2.10 bits per heavy atom. The highest BCUT2D eigenvalue weighted by atomic mass is 35.5. The molecule has 2 heterocycles. The standard InChI is InChI=1S/C14H15ClN2O2S/c1-5-9-16-11(8(3)13(15)17-9)10-7(2)6-20-12(10)14(18)19-4/h6H,5H2,1-4H3. The highest BCUT2D eigenvalue weighted by Crippen LogP contribution is 2.35. The van der Waals surface area contributed by atoms with Crippen molar-refractivity contribution in [1.29, 1.82) is 0 Å². The summed E-state index contributed by atoms with van der Waals surface area (Å²) in [4.78, 5) is 21.2. The lowest BCUT2D eigenvalue weighted by Crippen LogP contribution is -2.04. The Bertz CT molecular complexity index is 667. The van der Waals surface area contributed by atoms with Gasteiger partial charge < -0.3 is 4.74 Å². The van der Waals surface area contributed by atoms with Crippen molar-refractivity contribution in [3.8, 4) is 11.3 Å². The van der Waals surface area contributed by atoms with Crippen LogP contribution in [0.2, 0.25) is 5.15 Å². The average molecular weight is 311 g/mol. The lowest BCUT2D eigenvalue weighted by atomic mass is 10.0. The second-order valence-electron chi connectivity index (χ2n) is 4.37. The molecule has 0 atom stereocenters. The molecule has 6 heteroatoms. The van der Waals surface area contributed by atoms with E-state index >= 15 is 0 Å². The summed E-state index contributed by atoms with van der Waals surface area (Å²) in [6.45, 7) is 5.76. The van der Waals surface area contributed by atoms with Gasteiger partial charge in [-0.2, -0.15) is 0 Å². The van der Waals surface area contributed by atoms with Crippen LogP contribution in [0.4, 0.5) is 0 Å². The van der Waals surface area contributed by atoms with Gasteiger partial charge >= 0.3 is 5.97 Å². The van der Waals surface area contributed by atoms with Crippen molar-refractivity contribution in [3.05, 3.63) is 32.4 Å². The van der Waals surface area contributed by atoms with Crippen molar-refractivity contribution < 1.29 is 9.53 Å². The first-order valence-electron chi connectivity index (χ1n) is 6.19. The molecule has 2 aromatic rings. The number of thiophene rings is 1. The molecule has 0 bridgehead atoms. The summed E-state index contributed by atoms with van der Waals surface area (Å²) >= 11 is 7.52. The zero-order valence-electron chi connectivity index (χ0n) is 11.8. The molecule has 0 saturated carbocycles. The Kier molecular flexibility index (Phi) is 4.40. The van der Waals surface area contributed by atoms with Crippen LogP contribution in [0.5, 0.6) is 0 Å². The van der Waals surface area contributed by atoms with Gasteiger partial charge in [-0.25, -0.2) is 14.8 Å². The van der Waals surface area contributed by atoms with Crippen molar-refractivity contribution in [3.63, 3.8) is 0 Å². The topological polar surface area (TPSA) is 52.1 Å². The number of hydrogen-bond acceptors (Lipinski definition) is 5. The fourth-order valence-electron chi connectivity index (χ4n) is 1.92. The smallest absolute Gasteiger partial charge is 0.348 e. The Morgan fingerprint density at radius 1 is 1.40 bits per heavy atom. The van der Waals surface area contributed by atoms with Gasteiger partial charge in [0, 0.05) is 17.5 Å². The van der Waals surface area contributed by atoms with Crippen LogP contribution in [0.1, 0.15) is 33.5 Å². The number of rotatable bonds is 3. The summed E-state index contributed by atoms with van der Waals surface area (Å²) in [5, 5.41) is 2.34. The van der Waals surface area contributed by atoms with Gasteiger partial charge in [-0.05, 0) is 24.8 Å². The van der Waals surface area contributed by atoms with Gasteiger partial charge in [-0.3, -0.25) is 0 Å². The van der Waals surface area contributed by atoms with E-state index in [1.54, 1.807) is 0 Å². The van der Waals surface area contributed by atoms with Gasteiger partial charge in [0.15, 0.2) is 0 Å². The number of methoxy groups -OCH3 is 1. The molecule has 0 aliphatic carbocycles. The van der Waals surface area contributed by atoms with Crippen LogP contribution in [0, 0.1) is 13.8 Å². The van der Waals surface area contributed by atoms with Crippen LogP contribution in [0.3, 0.4) is 0 Å². The predicted molar refractivity (Wildman–Crippen MR) is 80.5 cm³/mol. The molecule has 0 N–H and O–H groups in total. The van der Waals surface area contributed by atoms with Crippen molar-refractivity contribution >= 4 is 28.9 Å². The minimum Gasteiger partial charge on any atom is -0.465 e. The summed E-state index contributed by atoms with van der Waals surface area (Å²) in [6.07, 6.45) is 0.684. The molecular formula is C14H15ClN2O2S. The molecule has 0 aromatic carbocycles. The maximum absolute atomic E-state index is 11.9. The molecule has 0 aliphatic heterocycles. The second kappa shape index (κ2) is 5.89. The molecule has 0 aliphatic rings. The first-order chi connectivity index (χ1) is 9.49. The fourth-order valence-corrected chi connectivity index (χ4v) is 3.07. The molecule has 0 fully saturated rings. The van der Waals surface area contributed by atoms with Gasteiger partial charge in [0.1, 0.15) is 15.9 Å². The monoisotopic (exact) mass is 310 g/mol. The Labute approximate surface area is 126 Å². The second-order valence-corrected chi connectivity index (χ2v) is 5.61. The number of carbonyl (C=O) groups excluding carboxylic acids is 1. The van der Waals surface area contributed by atoms with Crippen molar-refractivity contribution in [2.45, 2.75) is 27.2 Å². The molecule has 0 radical (unpaired) electrons. The van der Waals surface area contributed by atoms with Gasteiger partial charge in [-0.1, -0.05) is 18.5 Å². The van der Waals surface area contributed by atoms with E-state index in [1.165, 1.54) is 18.4 Å². The molecule has 2 aromatic heterocycles. The Hall–Kier alpha value is -1.46. The average Bonchev–Trinajstić information content (AvgIpc) is 2.82. The number of aromatic nitrogens is 2. The first kappa shape index (κ1) is 14.9. The van der Waals surface area contributed by atoms with E-state index in [2.05, 4.69) is 9.97 Å². The van der Waals surface area contributed by atoms with Crippen LogP contribution in [-0.4, -0.2) is 23.0 Å². The molecular weight excluding hydrogens is 296 g/mol. The lowest BCUT2D eigenvalue weighted by molar-refractivity contribution is 0.0607. The van der Waals surface area contributed by atoms with E-state index in [1.807, 2.05) is 26.2 Å². The third kappa shape index (κ3) is 2.55. The van der Waals surface area contributed by atoms with E-state index in [4.69, 9.17) is 16.3 Å². The highest BCUT2D eigenvalue weighted by Gasteiger charge is 2.22. The number of esters is 1. The number of carbonyl (C=O) groups is 1. The number of halogens is 1. The predicted octanol–water partition coefficient (Wildman–Crippen LogP) is 3.82. The lowest BCUT2D eigenvalue weighted by Gasteiger charge is -2.10. The Balaban J connectivity index is 2.71. The number of nitrogens with zero attached hydrogens (tertiary/aromatic N) is 2. The summed E-state index contributed by atoms with van der Waals surface area (Å²) in [7, 11) is 1.37. The maximum Gasteiger partial charge on any atom is 0.348 e. The largest absolute Gasteiger partial charge is 0.465 e. The van der Waals surface area contributed by atoms with E-state index in [9.17, 15) is 4.79 Å². The molecule has 20 heavy (non-hydrogen) atoms. The van der Waals surface area contributed by atoms with Crippen molar-refractivity contribution in [1.82, 2.24) is 9.97 Å². The minimum atomic E-state index is -0.356. The van der Waals surface area contributed by atoms with E-state index in [0.29, 0.717) is 28.0 Å². The Morgan fingerprint density at radius 3 is 2.70 bits per heavy atom. The molecule has 0 spiro atoms. The highest BCUT2D eigenvalue weighted by molar-refractivity contribution is 7.12. The molecule has 0 amide bonds. The van der Waals surface area contributed by atoms with Crippen LogP contribution in [-0.2, 0) is 11.2 Å². The third-order valence-electron chi connectivity index (χ3n) is 3.03. The van der Waals surface area contributed by atoms with E-state index in [0.717, 1.165) is 16.7 Å². The van der Waals surface area contributed by atoms with E-state index in [-0.39, 0.29) is 5.97 Å². The molecule has 106 valence electrons. The van der Waals surface area contributed by atoms with Crippen molar-refractivity contribution in [2.75, 3.05) is 7.11 Å². The molecule has 0 saturated heterocycles. The molecule has 2 rings (SSSR count). The number of aryl methyl sites for hydroxylation is 2.